The molecule has 9 nitrogen and oxygen atoms in total. The van der Waals surface area contributed by atoms with Gasteiger partial charge in [0.2, 0.25) is 15.9 Å². The molecule has 184 valence electrons. The number of benzene rings is 2. The number of amides is 1. The third-order valence-corrected chi connectivity index (χ3v) is 7.94. The Balaban J connectivity index is 1.50. The van der Waals surface area contributed by atoms with Crippen molar-refractivity contribution in [1.82, 2.24) is 4.31 Å². The molecule has 2 aliphatic heterocycles. The molecule has 2 aromatic rings. The van der Waals surface area contributed by atoms with Crippen molar-refractivity contribution in [2.24, 2.45) is 0 Å². The van der Waals surface area contributed by atoms with Crippen molar-refractivity contribution in [3.63, 3.8) is 0 Å². The molecule has 0 spiro atoms. The molecule has 2 aliphatic rings. The molecule has 10 heteroatoms. The lowest BCUT2D eigenvalue weighted by molar-refractivity contribution is -0.144. The summed E-state index contributed by atoms with van der Waals surface area (Å²) in [5, 5.41) is 13.2. The second-order valence-electron chi connectivity index (χ2n) is 8.50. The Morgan fingerprint density at radius 1 is 1.15 bits per heavy atom. The Labute approximate surface area is 199 Å². The predicted molar refractivity (Wildman–Crippen MR) is 125 cm³/mol. The van der Waals surface area contributed by atoms with E-state index in [4.69, 9.17) is 14.2 Å². The van der Waals surface area contributed by atoms with E-state index >= 15 is 0 Å². The SMILES string of the molecule is COc1cccc(S(=O)(=O)N2C[C@@H](O)COC[C@@H]3O[C@H](CC(=O)Nc4ccccc4)CC[C@H]32)c1. The number of carbonyl (C=O) groups excluding carboxylic acids is 1. The average Bonchev–Trinajstić information content (AvgIpc) is 2.82. The molecular formula is C24H30N2O7S. The lowest BCUT2D eigenvalue weighted by atomic mass is 9.96. The molecule has 0 bridgehead atoms. The number of sulfonamides is 1. The third-order valence-electron chi connectivity index (χ3n) is 6.05. The van der Waals surface area contributed by atoms with E-state index in [9.17, 15) is 18.3 Å². The number of anilines is 1. The Hall–Kier alpha value is -2.50. The van der Waals surface area contributed by atoms with Gasteiger partial charge in [0.05, 0.1) is 56.0 Å². The van der Waals surface area contributed by atoms with Crippen molar-refractivity contribution in [2.75, 3.05) is 32.2 Å². The maximum atomic E-state index is 13.6. The van der Waals surface area contributed by atoms with E-state index in [0.717, 1.165) is 0 Å². The molecule has 0 unspecified atom stereocenters. The van der Waals surface area contributed by atoms with E-state index in [0.29, 0.717) is 24.3 Å². The van der Waals surface area contributed by atoms with Gasteiger partial charge in [0.1, 0.15) is 5.75 Å². The number of rotatable bonds is 6. The summed E-state index contributed by atoms with van der Waals surface area (Å²) in [6.07, 6.45) is -0.744. The fourth-order valence-corrected chi connectivity index (χ4v) is 6.16. The molecule has 0 aliphatic carbocycles. The molecule has 2 aromatic carbocycles. The molecule has 1 amide bonds. The highest BCUT2D eigenvalue weighted by molar-refractivity contribution is 7.89. The van der Waals surface area contributed by atoms with Crippen LogP contribution in [-0.2, 0) is 24.3 Å². The first-order valence-corrected chi connectivity index (χ1v) is 12.7. The maximum Gasteiger partial charge on any atom is 0.243 e. The monoisotopic (exact) mass is 490 g/mol. The summed E-state index contributed by atoms with van der Waals surface area (Å²) < 4.78 is 45.4. The van der Waals surface area contributed by atoms with Crippen molar-refractivity contribution >= 4 is 21.6 Å². The fourth-order valence-electron chi connectivity index (χ4n) is 4.41. The summed E-state index contributed by atoms with van der Waals surface area (Å²) in [6.45, 7) is 0.0156. The van der Waals surface area contributed by atoms with Crippen LogP contribution in [-0.4, -0.2) is 75.0 Å². The highest BCUT2D eigenvalue weighted by Crippen LogP contribution is 2.32. The fraction of sp³-hybridized carbons (Fsp3) is 0.458. The Bertz CT molecular complexity index is 1080. The molecule has 4 atom stereocenters. The Morgan fingerprint density at radius 3 is 2.71 bits per heavy atom. The number of aliphatic hydroxyl groups excluding tert-OH is 1. The van der Waals surface area contributed by atoms with Gasteiger partial charge < -0.3 is 24.6 Å². The van der Waals surface area contributed by atoms with Gasteiger partial charge in [-0.2, -0.15) is 4.31 Å². The van der Waals surface area contributed by atoms with Crippen molar-refractivity contribution in [2.45, 2.75) is 48.5 Å². The molecule has 0 saturated carbocycles. The van der Waals surface area contributed by atoms with Crippen LogP contribution in [0.1, 0.15) is 19.3 Å². The van der Waals surface area contributed by atoms with Crippen LogP contribution in [0.4, 0.5) is 5.69 Å². The molecule has 2 heterocycles. The van der Waals surface area contributed by atoms with Gasteiger partial charge in [-0.15, -0.1) is 0 Å². The molecular weight excluding hydrogens is 460 g/mol. The number of para-hydroxylation sites is 1. The third kappa shape index (κ3) is 5.76. The van der Waals surface area contributed by atoms with E-state index < -0.39 is 28.3 Å². The van der Waals surface area contributed by atoms with Crippen LogP contribution in [0.5, 0.6) is 5.75 Å². The quantitative estimate of drug-likeness (QED) is 0.637. The summed E-state index contributed by atoms with van der Waals surface area (Å²) in [5.74, 6) is 0.260. The minimum atomic E-state index is -3.94. The smallest absolute Gasteiger partial charge is 0.243 e. The molecule has 0 radical (unpaired) electrons. The number of methoxy groups -OCH3 is 1. The normalized spacial score (nSPS) is 26.1. The van der Waals surface area contributed by atoms with Crippen molar-refractivity contribution in [3.8, 4) is 5.75 Å². The van der Waals surface area contributed by atoms with Crippen LogP contribution in [0, 0.1) is 0 Å². The standard InChI is InChI=1S/C24H30N2O7S/c1-31-19-8-5-9-21(12-19)34(29,30)26-14-18(27)15-32-16-23-22(26)11-10-20(33-23)13-24(28)25-17-6-3-2-4-7-17/h2-9,12,18,20,22-23,27H,10-11,13-16H2,1H3,(H,25,28)/t18-,20+,22-,23+/m1/s1. The lowest BCUT2D eigenvalue weighted by Gasteiger charge is -2.43. The number of hydrogen-bond donors (Lipinski definition) is 2. The number of nitrogens with zero attached hydrogens (tertiary/aromatic N) is 1. The number of aliphatic hydroxyl groups is 1. The van der Waals surface area contributed by atoms with Gasteiger partial charge in [-0.1, -0.05) is 24.3 Å². The van der Waals surface area contributed by atoms with Crippen molar-refractivity contribution in [1.29, 1.82) is 0 Å². The zero-order valence-electron chi connectivity index (χ0n) is 19.0. The second-order valence-corrected chi connectivity index (χ2v) is 10.4. The number of β-amino-alcohol motifs (C(OH)–C–C–N with tert-alkyl or cyclic N) is 1. The van der Waals surface area contributed by atoms with Gasteiger partial charge in [0.15, 0.2) is 0 Å². The van der Waals surface area contributed by atoms with Gasteiger partial charge in [0, 0.05) is 18.3 Å². The van der Waals surface area contributed by atoms with E-state index in [1.165, 1.54) is 23.5 Å². The Morgan fingerprint density at radius 2 is 1.94 bits per heavy atom. The predicted octanol–water partition coefficient (Wildman–Crippen LogP) is 2.02. The van der Waals surface area contributed by atoms with Gasteiger partial charge in [-0.3, -0.25) is 4.79 Å². The first-order valence-electron chi connectivity index (χ1n) is 11.3. The van der Waals surface area contributed by atoms with Gasteiger partial charge >= 0.3 is 0 Å². The molecule has 4 rings (SSSR count). The summed E-state index contributed by atoms with van der Waals surface area (Å²) in [6, 6.07) is 14.9. The minimum Gasteiger partial charge on any atom is -0.497 e. The van der Waals surface area contributed by atoms with Gasteiger partial charge in [0.25, 0.3) is 0 Å². The van der Waals surface area contributed by atoms with E-state index in [-0.39, 0.29) is 43.1 Å². The zero-order valence-corrected chi connectivity index (χ0v) is 19.8. The highest BCUT2D eigenvalue weighted by Gasteiger charge is 2.43. The molecule has 34 heavy (non-hydrogen) atoms. The van der Waals surface area contributed by atoms with Crippen molar-refractivity contribution < 1.29 is 32.5 Å². The molecule has 2 fully saturated rings. The topological polar surface area (TPSA) is 114 Å². The van der Waals surface area contributed by atoms with Crippen molar-refractivity contribution in [3.05, 3.63) is 54.6 Å². The maximum absolute atomic E-state index is 13.6. The van der Waals surface area contributed by atoms with Crippen LogP contribution in [0.15, 0.2) is 59.5 Å². The van der Waals surface area contributed by atoms with Crippen LogP contribution in [0.2, 0.25) is 0 Å². The van der Waals surface area contributed by atoms with Crippen LogP contribution >= 0.6 is 0 Å². The summed E-state index contributed by atoms with van der Waals surface area (Å²) in [5.41, 5.74) is 0.708. The van der Waals surface area contributed by atoms with E-state index in [1.54, 1.807) is 12.1 Å². The summed E-state index contributed by atoms with van der Waals surface area (Å²) in [7, 11) is -2.47. The zero-order chi connectivity index (χ0) is 24.1. The number of carbonyl (C=O) groups is 1. The molecule has 2 saturated heterocycles. The molecule has 2 N–H and O–H groups in total. The first kappa shape index (κ1) is 24.6. The first-order chi connectivity index (χ1) is 16.4. The summed E-state index contributed by atoms with van der Waals surface area (Å²) >= 11 is 0. The van der Waals surface area contributed by atoms with Crippen LogP contribution in [0.3, 0.4) is 0 Å². The number of nitrogens with one attached hydrogen (secondary N) is 1. The largest absolute Gasteiger partial charge is 0.497 e. The highest BCUT2D eigenvalue weighted by atomic mass is 32.2. The van der Waals surface area contributed by atoms with E-state index in [2.05, 4.69) is 5.32 Å². The minimum absolute atomic E-state index is 0.00410. The molecule has 0 aromatic heterocycles. The average molecular weight is 491 g/mol. The lowest BCUT2D eigenvalue weighted by Crippen LogP contribution is -2.57. The van der Waals surface area contributed by atoms with Gasteiger partial charge in [-0.25, -0.2) is 8.42 Å². The number of fused-ring (bicyclic) bond motifs is 1. The van der Waals surface area contributed by atoms with Crippen LogP contribution in [0.25, 0.3) is 0 Å². The van der Waals surface area contributed by atoms with Gasteiger partial charge in [-0.05, 0) is 37.1 Å². The van der Waals surface area contributed by atoms with Crippen LogP contribution < -0.4 is 10.1 Å². The summed E-state index contributed by atoms with van der Waals surface area (Å²) in [4.78, 5) is 12.6. The van der Waals surface area contributed by atoms with E-state index in [1.807, 2.05) is 30.3 Å². The second kappa shape index (κ2) is 10.8. The number of ether oxygens (including phenoxy) is 3. The Kier molecular flexibility index (Phi) is 7.84. The number of hydrogen-bond acceptors (Lipinski definition) is 7.